The number of para-hydroxylation sites is 1. The lowest BCUT2D eigenvalue weighted by molar-refractivity contribution is -0.119. The van der Waals surface area contributed by atoms with Gasteiger partial charge in [-0.25, -0.2) is 13.9 Å². The molecule has 1 fully saturated rings. The fourth-order valence-corrected chi connectivity index (χ4v) is 3.09. The van der Waals surface area contributed by atoms with Gasteiger partial charge in [-0.15, -0.1) is 0 Å². The second-order valence-electron chi connectivity index (χ2n) is 6.72. The van der Waals surface area contributed by atoms with Crippen molar-refractivity contribution in [2.45, 2.75) is 18.8 Å². The lowest BCUT2D eigenvalue weighted by Gasteiger charge is -2.09. The fraction of sp³-hybridized carbons (Fsp3) is 0.190. The van der Waals surface area contributed by atoms with Gasteiger partial charge in [-0.05, 0) is 49.2 Å². The maximum Gasteiger partial charge on any atom is 0.357 e. The van der Waals surface area contributed by atoms with Gasteiger partial charge in [0.2, 0.25) is 0 Å². The van der Waals surface area contributed by atoms with E-state index in [9.17, 15) is 14.0 Å². The van der Waals surface area contributed by atoms with Crippen molar-refractivity contribution in [3.8, 4) is 5.69 Å². The van der Waals surface area contributed by atoms with E-state index in [4.69, 9.17) is 16.3 Å². The Morgan fingerprint density at radius 3 is 2.62 bits per heavy atom. The molecule has 0 saturated heterocycles. The van der Waals surface area contributed by atoms with Crippen LogP contribution in [0.15, 0.2) is 54.6 Å². The van der Waals surface area contributed by atoms with E-state index in [0.29, 0.717) is 5.92 Å². The maximum absolute atomic E-state index is 13.1. The molecule has 1 saturated carbocycles. The van der Waals surface area contributed by atoms with Crippen LogP contribution >= 0.6 is 11.6 Å². The van der Waals surface area contributed by atoms with Gasteiger partial charge in [0.15, 0.2) is 12.3 Å². The lowest BCUT2D eigenvalue weighted by atomic mass is 10.2. The molecule has 29 heavy (non-hydrogen) atoms. The topological polar surface area (TPSA) is 73.2 Å². The number of benzene rings is 2. The Balaban J connectivity index is 1.46. The highest BCUT2D eigenvalue weighted by molar-refractivity contribution is 6.33. The molecular formula is C21H17ClFN3O3. The van der Waals surface area contributed by atoms with Crippen LogP contribution in [0.3, 0.4) is 0 Å². The third-order valence-corrected chi connectivity index (χ3v) is 4.79. The Bertz CT molecular complexity index is 1060. The Hall–Kier alpha value is -3.19. The van der Waals surface area contributed by atoms with Crippen molar-refractivity contribution in [3.63, 3.8) is 0 Å². The van der Waals surface area contributed by atoms with Crippen LogP contribution in [-0.4, -0.2) is 28.3 Å². The van der Waals surface area contributed by atoms with Gasteiger partial charge in [0.05, 0.1) is 22.1 Å². The number of aromatic nitrogens is 2. The lowest BCUT2D eigenvalue weighted by Crippen LogP contribution is -2.22. The molecule has 1 aliphatic carbocycles. The molecule has 1 amide bonds. The van der Waals surface area contributed by atoms with E-state index in [-0.39, 0.29) is 16.4 Å². The molecule has 0 atom stereocenters. The number of carbonyl (C=O) groups is 2. The number of hydrogen-bond donors (Lipinski definition) is 1. The Morgan fingerprint density at radius 2 is 1.93 bits per heavy atom. The van der Waals surface area contributed by atoms with Crippen LogP contribution in [0.5, 0.6) is 0 Å². The molecule has 0 unspecified atom stereocenters. The first-order chi connectivity index (χ1) is 14.0. The first-order valence-electron chi connectivity index (χ1n) is 9.08. The summed E-state index contributed by atoms with van der Waals surface area (Å²) in [5.74, 6) is -1.40. The summed E-state index contributed by atoms with van der Waals surface area (Å²) in [7, 11) is 0. The molecule has 1 N–H and O–H groups in total. The highest BCUT2D eigenvalue weighted by Crippen LogP contribution is 2.39. The number of nitrogens with one attached hydrogen (secondary N) is 1. The highest BCUT2D eigenvalue weighted by atomic mass is 35.5. The van der Waals surface area contributed by atoms with Gasteiger partial charge in [0, 0.05) is 5.92 Å². The average molecular weight is 414 g/mol. The van der Waals surface area contributed by atoms with Crippen LogP contribution in [0.25, 0.3) is 5.69 Å². The minimum Gasteiger partial charge on any atom is -0.451 e. The van der Waals surface area contributed by atoms with Crippen molar-refractivity contribution in [2.75, 3.05) is 11.9 Å². The zero-order valence-corrected chi connectivity index (χ0v) is 16.0. The average Bonchev–Trinajstić information content (AvgIpc) is 3.47. The smallest absolute Gasteiger partial charge is 0.357 e. The first kappa shape index (κ1) is 19.1. The zero-order chi connectivity index (χ0) is 20.4. The van der Waals surface area contributed by atoms with Crippen molar-refractivity contribution >= 4 is 29.2 Å². The number of nitrogens with zero attached hydrogens (tertiary/aromatic N) is 2. The Morgan fingerprint density at radius 1 is 1.17 bits per heavy atom. The molecule has 1 aliphatic rings. The van der Waals surface area contributed by atoms with E-state index in [1.807, 2.05) is 30.3 Å². The van der Waals surface area contributed by atoms with Crippen LogP contribution in [-0.2, 0) is 9.53 Å². The molecule has 148 valence electrons. The van der Waals surface area contributed by atoms with Gasteiger partial charge in [-0.2, -0.15) is 5.10 Å². The van der Waals surface area contributed by atoms with Crippen LogP contribution in [0, 0.1) is 5.82 Å². The van der Waals surface area contributed by atoms with E-state index in [1.54, 1.807) is 6.07 Å². The molecule has 2 aromatic carbocycles. The minimum atomic E-state index is -0.659. The Labute approximate surface area is 171 Å². The molecular weight excluding hydrogens is 397 g/mol. The molecule has 0 aliphatic heterocycles. The Kier molecular flexibility index (Phi) is 5.31. The second kappa shape index (κ2) is 8.05. The fourth-order valence-electron chi connectivity index (χ4n) is 2.87. The summed E-state index contributed by atoms with van der Waals surface area (Å²) in [6.45, 7) is -0.509. The van der Waals surface area contributed by atoms with Crippen molar-refractivity contribution in [3.05, 3.63) is 76.8 Å². The second-order valence-corrected chi connectivity index (χ2v) is 7.13. The van der Waals surface area contributed by atoms with Crippen molar-refractivity contribution in [1.29, 1.82) is 0 Å². The molecule has 4 rings (SSSR count). The summed E-state index contributed by atoms with van der Waals surface area (Å²) in [6.07, 6.45) is 2.09. The van der Waals surface area contributed by atoms with Gasteiger partial charge in [-0.1, -0.05) is 29.8 Å². The van der Waals surface area contributed by atoms with Crippen molar-refractivity contribution in [1.82, 2.24) is 9.78 Å². The largest absolute Gasteiger partial charge is 0.451 e. The zero-order valence-electron chi connectivity index (χ0n) is 15.3. The predicted molar refractivity (Wildman–Crippen MR) is 106 cm³/mol. The van der Waals surface area contributed by atoms with E-state index in [0.717, 1.165) is 30.3 Å². The molecule has 0 bridgehead atoms. The van der Waals surface area contributed by atoms with Gasteiger partial charge in [-0.3, -0.25) is 4.79 Å². The summed E-state index contributed by atoms with van der Waals surface area (Å²) in [4.78, 5) is 24.7. The number of amides is 1. The molecule has 3 aromatic rings. The number of anilines is 1. The van der Waals surface area contributed by atoms with Crippen LogP contribution < -0.4 is 5.32 Å². The SMILES string of the molecule is O=C(COC(=O)c1cc(C2CC2)nn1-c1ccccc1)Nc1ccc(F)cc1Cl. The molecule has 6 nitrogen and oxygen atoms in total. The monoisotopic (exact) mass is 413 g/mol. The number of rotatable bonds is 6. The van der Waals surface area contributed by atoms with Gasteiger partial charge in [0.1, 0.15) is 5.82 Å². The quantitative estimate of drug-likeness (QED) is 0.610. The number of esters is 1. The number of ether oxygens (including phenoxy) is 1. The normalized spacial score (nSPS) is 13.2. The third kappa shape index (κ3) is 4.46. The van der Waals surface area contributed by atoms with Gasteiger partial charge in [0.25, 0.3) is 5.91 Å². The van der Waals surface area contributed by atoms with E-state index in [1.165, 1.54) is 16.8 Å². The predicted octanol–water partition coefficient (Wildman–Crippen LogP) is 4.34. The van der Waals surface area contributed by atoms with E-state index >= 15 is 0 Å². The van der Waals surface area contributed by atoms with E-state index < -0.39 is 24.3 Å². The van der Waals surface area contributed by atoms with Crippen LogP contribution in [0.2, 0.25) is 5.02 Å². The molecule has 1 heterocycles. The number of carbonyl (C=O) groups excluding carboxylic acids is 2. The molecule has 8 heteroatoms. The van der Waals surface area contributed by atoms with Crippen LogP contribution in [0.4, 0.5) is 10.1 Å². The molecule has 1 aromatic heterocycles. The summed E-state index contributed by atoms with van der Waals surface area (Å²) >= 11 is 5.89. The summed E-state index contributed by atoms with van der Waals surface area (Å²) in [5, 5.41) is 7.08. The van der Waals surface area contributed by atoms with Crippen molar-refractivity contribution in [2.24, 2.45) is 0 Å². The molecule has 0 radical (unpaired) electrons. The molecule has 0 spiro atoms. The summed E-state index contributed by atoms with van der Waals surface area (Å²) < 4.78 is 19.8. The van der Waals surface area contributed by atoms with Crippen LogP contribution in [0.1, 0.15) is 34.9 Å². The first-order valence-corrected chi connectivity index (χ1v) is 9.46. The minimum absolute atomic E-state index is 0.0564. The summed E-state index contributed by atoms with van der Waals surface area (Å²) in [5.41, 5.74) is 2.06. The maximum atomic E-state index is 13.1. The van der Waals surface area contributed by atoms with E-state index in [2.05, 4.69) is 10.4 Å². The van der Waals surface area contributed by atoms with Gasteiger partial charge < -0.3 is 10.1 Å². The number of hydrogen-bond acceptors (Lipinski definition) is 4. The van der Waals surface area contributed by atoms with Crippen molar-refractivity contribution < 1.29 is 18.7 Å². The third-order valence-electron chi connectivity index (χ3n) is 4.47. The number of halogens is 2. The highest BCUT2D eigenvalue weighted by Gasteiger charge is 2.29. The standard InChI is InChI=1S/C21H17ClFN3O3/c22-16-10-14(23)8-9-17(16)24-20(27)12-29-21(28)19-11-18(13-6-7-13)25-26(19)15-4-2-1-3-5-15/h1-5,8-11,13H,6-7,12H2,(H,24,27). The van der Waals surface area contributed by atoms with Gasteiger partial charge >= 0.3 is 5.97 Å². The summed E-state index contributed by atoms with van der Waals surface area (Å²) in [6, 6.07) is 14.6.